The van der Waals surface area contributed by atoms with Crippen LogP contribution in [0, 0.1) is 20.8 Å². The molecule has 5 aromatic rings. The molecule has 5 rings (SSSR count). The zero-order chi connectivity index (χ0) is 32.9. The maximum Gasteiger partial charge on any atom is 0.255 e. The number of carbonyl (C=O) groups excluding carboxylic acids is 1. The fourth-order valence-electron chi connectivity index (χ4n) is 3.43. The van der Waals surface area contributed by atoms with Gasteiger partial charge in [-0.15, -0.1) is 0 Å². The van der Waals surface area contributed by atoms with Gasteiger partial charge in [0.25, 0.3) is 5.91 Å². The number of amides is 1. The van der Waals surface area contributed by atoms with Gasteiger partial charge in [0.2, 0.25) is 5.95 Å². The van der Waals surface area contributed by atoms with Gasteiger partial charge in [-0.1, -0.05) is 6.04 Å². The highest BCUT2D eigenvalue weighted by Gasteiger charge is 2.12. The Balaban J connectivity index is 1.52. The van der Waals surface area contributed by atoms with Crippen molar-refractivity contribution < 1.29 is 17.1 Å². The minimum absolute atomic E-state index is 0.0123. The van der Waals surface area contributed by atoms with Crippen LogP contribution < -0.4 is 10.6 Å². The van der Waals surface area contributed by atoms with E-state index in [1.54, 1.807) is 38.1 Å². The normalized spacial score (nSPS) is 14.2. The molecule has 0 fully saturated rings. The quantitative estimate of drug-likeness (QED) is 0.298. The van der Waals surface area contributed by atoms with Crippen LogP contribution in [0.25, 0.3) is 16.9 Å². The Kier molecular flexibility index (Phi) is 3.98. The van der Waals surface area contributed by atoms with Crippen LogP contribution >= 0.6 is 0 Å². The van der Waals surface area contributed by atoms with Crippen molar-refractivity contribution in [1.29, 1.82) is 0 Å². The van der Waals surface area contributed by atoms with Crippen molar-refractivity contribution in [1.82, 2.24) is 19.5 Å². The highest BCUT2D eigenvalue weighted by atomic mass is 16.1. The van der Waals surface area contributed by atoms with Crippen molar-refractivity contribution in [3.8, 4) is 16.9 Å². The average molecular weight is 484 g/mol. The zero-order valence-corrected chi connectivity index (χ0v) is 19.7. The van der Waals surface area contributed by atoms with E-state index in [-0.39, 0.29) is 52.4 Å². The molecule has 0 atom stereocenters. The molecular weight excluding hydrogens is 448 g/mol. The SMILES string of the molecule is [2H]c1nc([2H])c(-c2ccnc(Nc3c([2H])c(C(=O)Nc4cc(C)cc(-n5c([2H])cc(C)c5[2H])c4)c([2H])c([2H])c3C)n2)c([2H])c1[2H]. The molecule has 7 heteroatoms. The number of aryl methyl sites for hydroxylation is 2. The number of rotatable bonds is 6. The van der Waals surface area contributed by atoms with Gasteiger partial charge in [-0.3, -0.25) is 9.78 Å². The standard InChI is InChI=1S/C29H26N6O/c1-19-9-12-35(18-19)25-14-20(2)13-24(16-25)32-28(36)22-7-6-21(3)27(15-22)34-29-31-11-8-26(33-29)23-5-4-10-30-17-23/h4-18H,1-3H3,(H,32,36)(H,31,33,34)/i4D,5D,6D,7D,10D,12D,15D,17D,18D. The number of anilines is 3. The lowest BCUT2D eigenvalue weighted by molar-refractivity contribution is 0.102. The summed E-state index contributed by atoms with van der Waals surface area (Å²) >= 11 is 0. The van der Waals surface area contributed by atoms with Crippen LogP contribution in [0.3, 0.4) is 0 Å². The average Bonchev–Trinajstić information content (AvgIpc) is 3.23. The minimum Gasteiger partial charge on any atom is -0.324 e. The zero-order valence-electron chi connectivity index (χ0n) is 28.7. The van der Waals surface area contributed by atoms with Crippen molar-refractivity contribution in [2.75, 3.05) is 10.6 Å². The molecule has 0 aliphatic rings. The van der Waals surface area contributed by atoms with Gasteiger partial charge in [-0.05, 0) is 92.0 Å². The maximum atomic E-state index is 13.5. The summed E-state index contributed by atoms with van der Waals surface area (Å²) in [5.41, 5.74) is 1.88. The van der Waals surface area contributed by atoms with Gasteiger partial charge in [0.05, 0.1) is 18.0 Å². The first-order valence-corrected chi connectivity index (χ1v) is 10.9. The summed E-state index contributed by atoms with van der Waals surface area (Å²) in [7, 11) is 0. The number of benzene rings is 2. The van der Waals surface area contributed by atoms with Gasteiger partial charge in [-0.25, -0.2) is 9.97 Å². The third-order valence-corrected chi connectivity index (χ3v) is 5.12. The first-order valence-electron chi connectivity index (χ1n) is 15.4. The molecule has 2 N–H and O–H groups in total. The van der Waals surface area contributed by atoms with Crippen LogP contribution in [0.4, 0.5) is 17.3 Å². The summed E-state index contributed by atoms with van der Waals surface area (Å²) in [6, 6.07) is 5.92. The number of nitrogens with one attached hydrogen (secondary N) is 2. The van der Waals surface area contributed by atoms with Gasteiger partial charge in [0, 0.05) is 59.1 Å². The molecule has 1 amide bonds. The van der Waals surface area contributed by atoms with Crippen molar-refractivity contribution in [3.63, 3.8) is 0 Å². The lowest BCUT2D eigenvalue weighted by Crippen LogP contribution is -2.13. The van der Waals surface area contributed by atoms with E-state index in [4.69, 9.17) is 12.3 Å². The molecule has 0 radical (unpaired) electrons. The smallest absolute Gasteiger partial charge is 0.255 e. The highest BCUT2D eigenvalue weighted by Crippen LogP contribution is 2.24. The first-order chi connectivity index (χ1) is 21.2. The molecule has 0 unspecified atom stereocenters. The van der Waals surface area contributed by atoms with E-state index >= 15 is 0 Å². The van der Waals surface area contributed by atoms with E-state index < -0.39 is 42.4 Å². The van der Waals surface area contributed by atoms with E-state index in [2.05, 4.69) is 25.6 Å². The molecule has 3 aromatic heterocycles. The van der Waals surface area contributed by atoms with Crippen molar-refractivity contribution in [2.45, 2.75) is 20.8 Å². The number of hydrogen-bond acceptors (Lipinski definition) is 5. The predicted octanol–water partition coefficient (Wildman–Crippen LogP) is 6.25. The highest BCUT2D eigenvalue weighted by molar-refractivity contribution is 6.05. The van der Waals surface area contributed by atoms with E-state index in [0.29, 0.717) is 16.9 Å². The monoisotopic (exact) mass is 483 g/mol. The number of aromatic nitrogens is 4. The molecule has 3 heterocycles. The second kappa shape index (κ2) is 9.84. The molecule has 0 bridgehead atoms. The lowest BCUT2D eigenvalue weighted by Gasteiger charge is -2.13. The Morgan fingerprint density at radius 2 is 1.94 bits per heavy atom. The molecule has 0 saturated carbocycles. The molecule has 7 nitrogen and oxygen atoms in total. The summed E-state index contributed by atoms with van der Waals surface area (Å²) in [5, 5.41) is 5.52. The topological polar surface area (TPSA) is 84.7 Å². The third kappa shape index (κ3) is 5.15. The maximum absolute atomic E-state index is 13.5. The lowest BCUT2D eigenvalue weighted by atomic mass is 10.1. The Hall–Kier alpha value is -4.78. The van der Waals surface area contributed by atoms with Gasteiger partial charge in [0.15, 0.2) is 0 Å². The van der Waals surface area contributed by atoms with Crippen LogP contribution in [0.5, 0.6) is 0 Å². The molecular formula is C29H26N6O. The Morgan fingerprint density at radius 3 is 2.78 bits per heavy atom. The van der Waals surface area contributed by atoms with E-state index in [0.717, 1.165) is 5.56 Å². The molecule has 36 heavy (non-hydrogen) atoms. The van der Waals surface area contributed by atoms with Gasteiger partial charge < -0.3 is 15.2 Å². The minimum atomic E-state index is -0.823. The number of carbonyl (C=O) groups is 1. The van der Waals surface area contributed by atoms with Crippen LogP contribution in [0.2, 0.25) is 0 Å². The number of nitrogens with zero attached hydrogens (tertiary/aromatic N) is 4. The molecule has 178 valence electrons. The van der Waals surface area contributed by atoms with Gasteiger partial charge in [0.1, 0.15) is 0 Å². The Bertz CT molecular complexity index is 2030. The second-order valence-corrected chi connectivity index (χ2v) is 8.02. The van der Waals surface area contributed by atoms with E-state index in [9.17, 15) is 4.79 Å². The third-order valence-electron chi connectivity index (χ3n) is 5.12. The van der Waals surface area contributed by atoms with Crippen molar-refractivity contribution >= 4 is 23.2 Å². The van der Waals surface area contributed by atoms with Crippen LogP contribution in [0.15, 0.2) is 91.4 Å². The fraction of sp³-hybridized carbons (Fsp3) is 0.103. The summed E-state index contributed by atoms with van der Waals surface area (Å²) in [5.74, 6) is -0.925. The number of hydrogen-bond donors (Lipinski definition) is 2. The number of pyridine rings is 1. The Morgan fingerprint density at radius 1 is 1.06 bits per heavy atom. The van der Waals surface area contributed by atoms with Gasteiger partial charge >= 0.3 is 0 Å². The van der Waals surface area contributed by atoms with Crippen LogP contribution in [0.1, 0.15) is 39.4 Å². The summed E-state index contributed by atoms with van der Waals surface area (Å²) < 4.78 is 75.7. The predicted molar refractivity (Wildman–Crippen MR) is 143 cm³/mol. The van der Waals surface area contributed by atoms with Crippen molar-refractivity contribution in [3.05, 3.63) is 114 Å². The van der Waals surface area contributed by atoms with E-state index in [1.807, 2.05) is 0 Å². The van der Waals surface area contributed by atoms with E-state index in [1.165, 1.54) is 23.8 Å². The summed E-state index contributed by atoms with van der Waals surface area (Å²) in [4.78, 5) is 25.6. The molecule has 2 aromatic carbocycles. The van der Waals surface area contributed by atoms with Crippen molar-refractivity contribution in [2.24, 2.45) is 0 Å². The largest absolute Gasteiger partial charge is 0.324 e. The van der Waals surface area contributed by atoms with Gasteiger partial charge in [-0.2, -0.15) is 0 Å². The first kappa shape index (κ1) is 14.6. The summed E-state index contributed by atoms with van der Waals surface area (Å²) in [6.45, 7) is 5.01. The Labute approximate surface area is 222 Å². The van der Waals surface area contributed by atoms with Crippen LogP contribution in [-0.2, 0) is 0 Å². The molecule has 0 aliphatic carbocycles. The van der Waals surface area contributed by atoms with Crippen LogP contribution in [-0.4, -0.2) is 25.4 Å². The fourth-order valence-corrected chi connectivity index (χ4v) is 3.43. The molecule has 0 aliphatic heterocycles. The second-order valence-electron chi connectivity index (χ2n) is 8.02. The summed E-state index contributed by atoms with van der Waals surface area (Å²) in [6.07, 6.45) is 0.624. The molecule has 0 saturated heterocycles. The molecule has 0 spiro atoms.